The number of anilines is 2. The van der Waals surface area contributed by atoms with E-state index in [1.807, 2.05) is 0 Å². The molecule has 0 bridgehead atoms. The molecular weight excluding hydrogens is 300 g/mol. The summed E-state index contributed by atoms with van der Waals surface area (Å²) in [7, 11) is 1.50. The molecule has 2 amide bonds. The second-order valence-electron chi connectivity index (χ2n) is 3.80. The Labute approximate surface area is 124 Å². The van der Waals surface area contributed by atoms with Crippen LogP contribution in [-0.2, 0) is 0 Å². The number of nitrogens with two attached hydrogens (primary N) is 1. The van der Waals surface area contributed by atoms with Crippen LogP contribution in [0.1, 0.15) is 20.8 Å². The van der Waals surface area contributed by atoms with Gasteiger partial charge in [-0.05, 0) is 18.2 Å². The van der Waals surface area contributed by atoms with Crippen molar-refractivity contribution in [3.8, 4) is 0 Å². The Hall–Kier alpha value is -2.12. The van der Waals surface area contributed by atoms with Gasteiger partial charge in [0.05, 0.1) is 10.6 Å². The zero-order chi connectivity index (χ0) is 14.7. The highest BCUT2D eigenvalue weighted by atomic mass is 35.5. The molecule has 4 N–H and O–H groups in total. The number of hydrogen-bond acceptors (Lipinski definition) is 5. The average Bonchev–Trinajstić information content (AvgIpc) is 2.87. The van der Waals surface area contributed by atoms with Crippen molar-refractivity contribution < 1.29 is 9.59 Å². The molecule has 0 unspecified atom stereocenters. The van der Waals surface area contributed by atoms with Gasteiger partial charge in [0.15, 0.2) is 5.13 Å². The first-order chi connectivity index (χ1) is 9.51. The van der Waals surface area contributed by atoms with Crippen molar-refractivity contribution in [1.29, 1.82) is 0 Å². The van der Waals surface area contributed by atoms with Crippen LogP contribution in [0.2, 0.25) is 5.02 Å². The number of nitrogen functional groups attached to an aromatic ring is 1. The fraction of sp³-hybridized carbons (Fsp3) is 0.0833. The summed E-state index contributed by atoms with van der Waals surface area (Å²) in [5, 5.41) is 7.28. The highest BCUT2D eigenvalue weighted by molar-refractivity contribution is 7.13. The molecule has 0 aliphatic heterocycles. The second-order valence-corrected chi connectivity index (χ2v) is 5.10. The van der Waals surface area contributed by atoms with Gasteiger partial charge in [-0.1, -0.05) is 11.6 Å². The summed E-state index contributed by atoms with van der Waals surface area (Å²) in [5.41, 5.74) is 6.43. The van der Waals surface area contributed by atoms with Crippen LogP contribution in [0.3, 0.4) is 0 Å². The molecule has 0 saturated heterocycles. The van der Waals surface area contributed by atoms with Crippen molar-refractivity contribution >= 4 is 45.6 Å². The summed E-state index contributed by atoms with van der Waals surface area (Å²) in [6, 6.07) is 4.63. The van der Waals surface area contributed by atoms with Crippen LogP contribution >= 0.6 is 22.9 Å². The van der Waals surface area contributed by atoms with Crippen LogP contribution < -0.4 is 16.4 Å². The third-order valence-corrected chi connectivity index (χ3v) is 3.45. The first-order valence-electron chi connectivity index (χ1n) is 5.55. The van der Waals surface area contributed by atoms with Crippen molar-refractivity contribution in [2.24, 2.45) is 0 Å². The van der Waals surface area contributed by atoms with Crippen molar-refractivity contribution in [1.82, 2.24) is 10.3 Å². The van der Waals surface area contributed by atoms with Crippen LogP contribution in [0, 0.1) is 0 Å². The summed E-state index contributed by atoms with van der Waals surface area (Å²) < 4.78 is 0. The largest absolute Gasteiger partial charge is 0.375 e. The van der Waals surface area contributed by atoms with E-state index in [9.17, 15) is 9.59 Å². The summed E-state index contributed by atoms with van der Waals surface area (Å²) in [6.07, 6.45) is 0. The smallest absolute Gasteiger partial charge is 0.275 e. The van der Waals surface area contributed by atoms with E-state index in [0.29, 0.717) is 15.8 Å². The maximum atomic E-state index is 11.9. The molecule has 2 aromatic rings. The molecule has 2 rings (SSSR count). The highest BCUT2D eigenvalue weighted by Gasteiger charge is 2.13. The number of nitrogens with zero attached hydrogens (tertiary/aromatic N) is 1. The molecule has 6 nitrogen and oxygen atoms in total. The van der Waals surface area contributed by atoms with E-state index in [1.54, 1.807) is 11.4 Å². The standard InChI is InChI=1S/C12H11ClN4O2S/c1-15-10(18)7-4-6(2-3-8(7)13)16-11(19)9-5-20-12(14)17-9/h2-5H,1H3,(H2,14,17)(H,15,18)(H,16,19). The van der Waals surface area contributed by atoms with E-state index >= 15 is 0 Å². The molecule has 20 heavy (non-hydrogen) atoms. The van der Waals surface area contributed by atoms with Crippen molar-refractivity contribution in [2.45, 2.75) is 0 Å². The Morgan fingerprint density at radius 1 is 1.35 bits per heavy atom. The number of rotatable bonds is 3. The van der Waals surface area contributed by atoms with Gasteiger partial charge in [0, 0.05) is 18.1 Å². The molecule has 0 spiro atoms. The molecule has 0 radical (unpaired) electrons. The minimum absolute atomic E-state index is 0.226. The highest BCUT2D eigenvalue weighted by Crippen LogP contribution is 2.21. The van der Waals surface area contributed by atoms with Crippen molar-refractivity contribution in [3.63, 3.8) is 0 Å². The quantitative estimate of drug-likeness (QED) is 0.807. The van der Waals surface area contributed by atoms with Gasteiger partial charge in [-0.15, -0.1) is 11.3 Å². The fourth-order valence-corrected chi connectivity index (χ4v) is 2.25. The van der Waals surface area contributed by atoms with Gasteiger partial charge in [0.25, 0.3) is 11.8 Å². The molecule has 8 heteroatoms. The SMILES string of the molecule is CNC(=O)c1cc(NC(=O)c2csc(N)n2)ccc1Cl. The predicted molar refractivity (Wildman–Crippen MR) is 79.3 cm³/mol. The number of amides is 2. The molecule has 0 fully saturated rings. The maximum Gasteiger partial charge on any atom is 0.275 e. The van der Waals surface area contributed by atoms with Gasteiger partial charge in [0.1, 0.15) is 5.69 Å². The summed E-state index contributed by atoms with van der Waals surface area (Å²) >= 11 is 7.10. The van der Waals surface area contributed by atoms with E-state index in [2.05, 4.69) is 15.6 Å². The third-order valence-electron chi connectivity index (χ3n) is 2.45. The molecule has 0 atom stereocenters. The number of carbonyl (C=O) groups is 2. The van der Waals surface area contributed by atoms with Gasteiger partial charge in [-0.3, -0.25) is 9.59 Å². The number of hydrogen-bond donors (Lipinski definition) is 3. The van der Waals surface area contributed by atoms with Crippen LogP contribution in [-0.4, -0.2) is 23.8 Å². The van der Waals surface area contributed by atoms with Gasteiger partial charge in [-0.2, -0.15) is 0 Å². The van der Waals surface area contributed by atoms with Crippen LogP contribution in [0.4, 0.5) is 10.8 Å². The van der Waals surface area contributed by atoms with Gasteiger partial charge < -0.3 is 16.4 Å². The number of thiazole rings is 1. The van der Waals surface area contributed by atoms with Gasteiger partial charge in [-0.25, -0.2) is 4.98 Å². The zero-order valence-corrected chi connectivity index (χ0v) is 12.0. The van der Waals surface area contributed by atoms with Crippen molar-refractivity contribution in [3.05, 3.63) is 39.9 Å². The van der Waals surface area contributed by atoms with Crippen LogP contribution in [0.5, 0.6) is 0 Å². The molecular formula is C12H11ClN4O2S. The topological polar surface area (TPSA) is 97.1 Å². The number of halogens is 1. The zero-order valence-electron chi connectivity index (χ0n) is 10.4. The Bertz CT molecular complexity index is 671. The second kappa shape index (κ2) is 5.89. The van der Waals surface area contributed by atoms with Crippen LogP contribution in [0.25, 0.3) is 0 Å². The number of carbonyl (C=O) groups excluding carboxylic acids is 2. The lowest BCUT2D eigenvalue weighted by molar-refractivity contribution is 0.0961. The lowest BCUT2D eigenvalue weighted by atomic mass is 10.2. The Balaban J connectivity index is 2.22. The minimum atomic E-state index is -0.400. The van der Waals surface area contributed by atoms with E-state index in [1.165, 1.54) is 30.5 Å². The fourth-order valence-electron chi connectivity index (χ4n) is 1.50. The van der Waals surface area contributed by atoms with Crippen LogP contribution in [0.15, 0.2) is 23.6 Å². The lowest BCUT2D eigenvalue weighted by Crippen LogP contribution is -2.19. The first-order valence-corrected chi connectivity index (χ1v) is 6.81. The number of benzene rings is 1. The molecule has 104 valence electrons. The minimum Gasteiger partial charge on any atom is -0.375 e. The predicted octanol–water partition coefficient (Wildman–Crippen LogP) is 1.99. The van der Waals surface area contributed by atoms with Crippen molar-refractivity contribution in [2.75, 3.05) is 18.1 Å². The van der Waals surface area contributed by atoms with E-state index < -0.39 is 5.91 Å². The number of aromatic nitrogens is 1. The van der Waals surface area contributed by atoms with E-state index in [4.69, 9.17) is 17.3 Å². The Kier molecular flexibility index (Phi) is 4.21. The third kappa shape index (κ3) is 3.06. The summed E-state index contributed by atoms with van der Waals surface area (Å²) in [6.45, 7) is 0. The average molecular weight is 311 g/mol. The summed E-state index contributed by atoms with van der Waals surface area (Å²) in [4.78, 5) is 27.4. The van der Waals surface area contributed by atoms with E-state index in [-0.39, 0.29) is 17.2 Å². The molecule has 1 aromatic carbocycles. The summed E-state index contributed by atoms with van der Waals surface area (Å²) in [5.74, 6) is -0.730. The normalized spacial score (nSPS) is 10.1. The molecule has 0 aliphatic rings. The monoisotopic (exact) mass is 310 g/mol. The number of nitrogens with one attached hydrogen (secondary N) is 2. The molecule has 1 aromatic heterocycles. The van der Waals surface area contributed by atoms with E-state index in [0.717, 1.165) is 0 Å². The lowest BCUT2D eigenvalue weighted by Gasteiger charge is -2.07. The molecule has 0 aliphatic carbocycles. The Morgan fingerprint density at radius 3 is 2.70 bits per heavy atom. The molecule has 1 heterocycles. The Morgan fingerprint density at radius 2 is 2.10 bits per heavy atom. The van der Waals surface area contributed by atoms with Gasteiger partial charge in [0.2, 0.25) is 0 Å². The van der Waals surface area contributed by atoms with Gasteiger partial charge >= 0.3 is 0 Å². The molecule has 0 saturated carbocycles. The maximum absolute atomic E-state index is 11.9. The first kappa shape index (κ1) is 14.3.